The van der Waals surface area contributed by atoms with Gasteiger partial charge in [-0.3, -0.25) is 19.7 Å². The van der Waals surface area contributed by atoms with E-state index in [1.165, 1.54) is 21.9 Å². The van der Waals surface area contributed by atoms with Crippen molar-refractivity contribution in [3.8, 4) is 0 Å². The Morgan fingerprint density at radius 3 is 2.36 bits per heavy atom. The summed E-state index contributed by atoms with van der Waals surface area (Å²) in [6, 6.07) is 7.59. The molecule has 2 aromatic rings. The Hall–Kier alpha value is -3.82. The number of anilines is 1. The van der Waals surface area contributed by atoms with Gasteiger partial charge in [-0.1, -0.05) is 18.9 Å². The first kappa shape index (κ1) is 25.5. The summed E-state index contributed by atoms with van der Waals surface area (Å²) >= 11 is 0. The minimum Gasteiger partial charge on any atom is -0.326 e. The maximum Gasteiger partial charge on any atom is 0.324 e. The van der Waals surface area contributed by atoms with E-state index in [-0.39, 0.29) is 18.4 Å². The van der Waals surface area contributed by atoms with Crippen LogP contribution in [0.2, 0.25) is 0 Å². The molecule has 204 valence electrons. The Labute approximate surface area is 224 Å². The van der Waals surface area contributed by atoms with Gasteiger partial charge >= 0.3 is 6.03 Å². The van der Waals surface area contributed by atoms with E-state index in [0.717, 1.165) is 42.9 Å². The van der Waals surface area contributed by atoms with Gasteiger partial charge in [-0.05, 0) is 66.6 Å². The highest BCUT2D eigenvalue weighted by Gasteiger charge is 2.54. The molecule has 5 amide bonds. The van der Waals surface area contributed by atoms with Crippen molar-refractivity contribution < 1.29 is 28.0 Å². The molecule has 4 aliphatic rings. The first-order chi connectivity index (χ1) is 18.6. The largest absolute Gasteiger partial charge is 0.326 e. The highest BCUT2D eigenvalue weighted by Crippen LogP contribution is 2.50. The molecule has 2 aromatic carbocycles. The average molecular weight is 537 g/mol. The number of likely N-dealkylation sites (tertiary alicyclic amines) is 1. The smallest absolute Gasteiger partial charge is 0.324 e. The maximum absolute atomic E-state index is 14.1. The molecule has 2 aliphatic heterocycles. The summed E-state index contributed by atoms with van der Waals surface area (Å²) in [6.45, 7) is -0.246. The number of halogens is 2. The number of carbonyl (C=O) groups excluding carboxylic acids is 4. The van der Waals surface area contributed by atoms with Gasteiger partial charge in [0.15, 0.2) is 0 Å². The van der Waals surface area contributed by atoms with Gasteiger partial charge in [-0.2, -0.15) is 0 Å². The Morgan fingerprint density at radius 2 is 1.69 bits per heavy atom. The van der Waals surface area contributed by atoms with Crippen LogP contribution in [0, 0.1) is 17.0 Å². The number of amides is 5. The molecule has 2 aliphatic carbocycles. The van der Waals surface area contributed by atoms with Gasteiger partial charge in [0.2, 0.25) is 11.8 Å². The number of fused-ring (bicyclic) bond motifs is 1. The van der Waals surface area contributed by atoms with Crippen molar-refractivity contribution in [1.29, 1.82) is 0 Å². The van der Waals surface area contributed by atoms with E-state index in [1.54, 1.807) is 19.2 Å². The van der Waals surface area contributed by atoms with Crippen molar-refractivity contribution in [1.82, 2.24) is 15.1 Å². The van der Waals surface area contributed by atoms with Crippen LogP contribution in [0.4, 0.5) is 19.3 Å². The Bertz CT molecular complexity index is 1390. The van der Waals surface area contributed by atoms with Crippen molar-refractivity contribution in [3.05, 3.63) is 64.7 Å². The molecule has 6 rings (SSSR count). The lowest BCUT2D eigenvalue weighted by Crippen LogP contribution is -2.51. The summed E-state index contributed by atoms with van der Waals surface area (Å²) in [6.07, 6.45) is 5.28. The van der Waals surface area contributed by atoms with Crippen LogP contribution < -0.4 is 10.6 Å². The summed E-state index contributed by atoms with van der Waals surface area (Å²) in [5, 5.41) is 5.23. The van der Waals surface area contributed by atoms with Gasteiger partial charge in [0.1, 0.15) is 23.7 Å². The van der Waals surface area contributed by atoms with E-state index in [1.807, 2.05) is 6.07 Å². The molecule has 10 heteroatoms. The average Bonchev–Trinajstić information content (AvgIpc) is 3.56. The van der Waals surface area contributed by atoms with Gasteiger partial charge in [-0.25, -0.2) is 13.6 Å². The fourth-order valence-corrected chi connectivity index (χ4v) is 7.06. The number of benzene rings is 2. The molecule has 2 N–H and O–H groups in total. The lowest BCUT2D eigenvalue weighted by atomic mass is 9.74. The van der Waals surface area contributed by atoms with E-state index in [4.69, 9.17) is 0 Å². The van der Waals surface area contributed by atoms with Crippen molar-refractivity contribution in [2.24, 2.45) is 5.41 Å². The molecule has 0 aromatic heterocycles. The standard InChI is InChI=1S/C29H30F2N4O4/c1-34-27(39)33-25(37)29(34)14-17-4-5-22(12-19(17)15-29)32-24(36)16-35-23(18-10-20(30)13-21(31)11-18)6-9-28(26(35)38)7-2-3-8-28/h4-5,10-13,23H,2-3,6-9,14-16H2,1H3,(H,32,36)(H,33,37,39). The molecule has 39 heavy (non-hydrogen) atoms. The number of carbonyl (C=O) groups is 4. The van der Waals surface area contributed by atoms with Crippen LogP contribution in [0.5, 0.6) is 0 Å². The number of rotatable bonds is 4. The summed E-state index contributed by atoms with van der Waals surface area (Å²) in [7, 11) is 1.60. The SMILES string of the molecule is CN1C(=O)NC(=O)C12Cc1ccc(NC(=O)CN3C(=O)C4(CCCC4)CCC3c3cc(F)cc(F)c3)cc1C2. The highest BCUT2D eigenvalue weighted by molar-refractivity contribution is 6.07. The quantitative estimate of drug-likeness (QED) is 0.580. The van der Waals surface area contributed by atoms with Gasteiger partial charge < -0.3 is 15.1 Å². The molecule has 2 spiro atoms. The number of likely N-dealkylation sites (N-methyl/N-ethyl adjacent to an activating group) is 1. The molecular formula is C29H30F2N4O4. The van der Waals surface area contributed by atoms with E-state index in [2.05, 4.69) is 10.6 Å². The third-order valence-electron chi connectivity index (χ3n) is 9.18. The molecule has 8 nitrogen and oxygen atoms in total. The summed E-state index contributed by atoms with van der Waals surface area (Å²) < 4.78 is 28.1. The van der Waals surface area contributed by atoms with Gasteiger partial charge in [0.25, 0.3) is 5.91 Å². The van der Waals surface area contributed by atoms with Crippen LogP contribution in [0.25, 0.3) is 0 Å². The first-order valence-electron chi connectivity index (χ1n) is 13.4. The van der Waals surface area contributed by atoms with Crippen LogP contribution in [-0.2, 0) is 27.2 Å². The molecule has 2 atom stereocenters. The van der Waals surface area contributed by atoms with Crippen molar-refractivity contribution in [2.45, 2.75) is 62.9 Å². The third-order valence-corrected chi connectivity index (χ3v) is 9.18. The second-order valence-corrected chi connectivity index (χ2v) is 11.4. The minimum atomic E-state index is -0.967. The van der Waals surface area contributed by atoms with Crippen LogP contribution in [0.1, 0.15) is 61.3 Å². The molecule has 2 saturated heterocycles. The van der Waals surface area contributed by atoms with E-state index < -0.39 is 40.6 Å². The van der Waals surface area contributed by atoms with Gasteiger partial charge in [0, 0.05) is 37.1 Å². The Kier molecular flexibility index (Phi) is 5.96. The fourth-order valence-electron chi connectivity index (χ4n) is 7.06. The van der Waals surface area contributed by atoms with Crippen molar-refractivity contribution in [2.75, 3.05) is 18.9 Å². The number of hydrogen-bond acceptors (Lipinski definition) is 4. The maximum atomic E-state index is 14.1. The zero-order valence-electron chi connectivity index (χ0n) is 21.7. The van der Waals surface area contributed by atoms with E-state index in [9.17, 15) is 28.0 Å². The molecule has 2 heterocycles. The predicted molar refractivity (Wildman–Crippen MR) is 137 cm³/mol. The van der Waals surface area contributed by atoms with Gasteiger partial charge in [-0.15, -0.1) is 0 Å². The van der Waals surface area contributed by atoms with E-state index in [0.29, 0.717) is 36.9 Å². The minimum absolute atomic E-state index is 0.132. The molecule has 2 unspecified atom stereocenters. The normalized spacial score (nSPS) is 25.5. The summed E-state index contributed by atoms with van der Waals surface area (Å²) in [5.41, 5.74) is 1.15. The lowest BCUT2D eigenvalue weighted by molar-refractivity contribution is -0.152. The highest BCUT2D eigenvalue weighted by atomic mass is 19.1. The molecule has 0 bridgehead atoms. The number of imide groups is 1. The second-order valence-electron chi connectivity index (χ2n) is 11.4. The number of hydrogen-bond donors (Lipinski definition) is 2. The Balaban J connectivity index is 1.22. The van der Waals surface area contributed by atoms with Crippen LogP contribution in [-0.4, -0.2) is 52.7 Å². The number of urea groups is 1. The summed E-state index contributed by atoms with van der Waals surface area (Å²) in [4.78, 5) is 54.6. The lowest BCUT2D eigenvalue weighted by Gasteiger charge is -2.44. The topological polar surface area (TPSA) is 98.8 Å². The molecule has 3 fully saturated rings. The number of piperidine rings is 1. The predicted octanol–water partition coefficient (Wildman–Crippen LogP) is 3.85. The van der Waals surface area contributed by atoms with Crippen LogP contribution in [0.3, 0.4) is 0 Å². The zero-order valence-corrected chi connectivity index (χ0v) is 21.7. The van der Waals surface area contributed by atoms with Gasteiger partial charge in [0.05, 0.1) is 6.04 Å². The van der Waals surface area contributed by atoms with Crippen molar-refractivity contribution in [3.63, 3.8) is 0 Å². The molecular weight excluding hydrogens is 506 g/mol. The molecule has 0 radical (unpaired) electrons. The monoisotopic (exact) mass is 536 g/mol. The zero-order chi connectivity index (χ0) is 27.5. The number of nitrogens with zero attached hydrogens (tertiary/aromatic N) is 2. The van der Waals surface area contributed by atoms with Crippen molar-refractivity contribution >= 4 is 29.4 Å². The second kappa shape index (κ2) is 9.14. The number of nitrogens with one attached hydrogen (secondary N) is 2. The van der Waals surface area contributed by atoms with Crippen LogP contribution >= 0.6 is 0 Å². The van der Waals surface area contributed by atoms with Crippen LogP contribution in [0.15, 0.2) is 36.4 Å². The third kappa shape index (κ3) is 4.17. The first-order valence-corrected chi connectivity index (χ1v) is 13.4. The Morgan fingerprint density at radius 1 is 1.00 bits per heavy atom. The fraction of sp³-hybridized carbons (Fsp3) is 0.448. The summed E-state index contributed by atoms with van der Waals surface area (Å²) in [5.74, 6) is -2.32. The molecule has 1 saturated carbocycles. The van der Waals surface area contributed by atoms with E-state index >= 15 is 0 Å².